The van der Waals surface area contributed by atoms with Crippen LogP contribution >= 0.6 is 11.8 Å². The lowest BCUT2D eigenvalue weighted by Crippen LogP contribution is -1.99. The minimum atomic E-state index is -0.930. The van der Waals surface area contributed by atoms with Gasteiger partial charge in [-0.05, 0) is 30.7 Å². The monoisotopic (exact) mass is 295 g/mol. The van der Waals surface area contributed by atoms with Gasteiger partial charge in [-0.2, -0.15) is 0 Å². The second-order valence-electron chi connectivity index (χ2n) is 4.70. The molecule has 1 N–H and O–H groups in total. The number of para-hydroxylation sites is 1. The van der Waals surface area contributed by atoms with Gasteiger partial charge in [0.05, 0.1) is 11.1 Å². The zero-order chi connectivity index (χ0) is 14.8. The Morgan fingerprint density at radius 3 is 2.57 bits per heavy atom. The number of carbonyl (C=O) groups is 1. The van der Waals surface area contributed by atoms with Crippen molar-refractivity contribution < 1.29 is 9.90 Å². The molecule has 3 nitrogen and oxygen atoms in total. The van der Waals surface area contributed by atoms with Gasteiger partial charge in [-0.1, -0.05) is 48.2 Å². The van der Waals surface area contributed by atoms with E-state index in [2.05, 4.69) is 4.98 Å². The number of aryl methyl sites for hydroxylation is 1. The number of aromatic nitrogens is 1. The number of nitrogens with zero attached hydrogens (tertiary/aromatic N) is 1. The molecule has 0 unspecified atom stereocenters. The van der Waals surface area contributed by atoms with Crippen LogP contribution in [-0.4, -0.2) is 16.1 Å². The minimum absolute atomic E-state index is 0.289. The summed E-state index contributed by atoms with van der Waals surface area (Å²) in [5.74, 6) is -0.930. The van der Waals surface area contributed by atoms with Gasteiger partial charge in [0, 0.05) is 10.3 Å². The van der Waals surface area contributed by atoms with E-state index in [1.165, 1.54) is 11.8 Å². The average molecular weight is 295 g/mol. The highest BCUT2D eigenvalue weighted by molar-refractivity contribution is 7.99. The molecule has 3 aromatic rings. The third-order valence-electron chi connectivity index (χ3n) is 3.23. The molecular formula is C17H13NO2S. The molecule has 104 valence electrons. The van der Waals surface area contributed by atoms with Gasteiger partial charge in [0.2, 0.25) is 0 Å². The van der Waals surface area contributed by atoms with Gasteiger partial charge >= 0.3 is 5.97 Å². The lowest BCUT2D eigenvalue weighted by Gasteiger charge is -2.08. The van der Waals surface area contributed by atoms with Crippen LogP contribution in [0.4, 0.5) is 0 Å². The third-order valence-corrected chi connectivity index (χ3v) is 4.33. The fourth-order valence-corrected chi connectivity index (χ4v) is 3.09. The van der Waals surface area contributed by atoms with Crippen LogP contribution in [0.2, 0.25) is 0 Å². The summed E-state index contributed by atoms with van der Waals surface area (Å²) in [5.41, 5.74) is 2.14. The molecule has 0 saturated heterocycles. The van der Waals surface area contributed by atoms with Crippen molar-refractivity contribution in [3.63, 3.8) is 0 Å². The Labute approximate surface area is 126 Å². The van der Waals surface area contributed by atoms with E-state index in [1.54, 1.807) is 12.1 Å². The number of pyridine rings is 1. The van der Waals surface area contributed by atoms with Crippen LogP contribution < -0.4 is 0 Å². The van der Waals surface area contributed by atoms with Gasteiger partial charge in [-0.25, -0.2) is 9.78 Å². The zero-order valence-electron chi connectivity index (χ0n) is 11.4. The Morgan fingerprint density at radius 2 is 1.81 bits per heavy atom. The van der Waals surface area contributed by atoms with E-state index in [-0.39, 0.29) is 5.56 Å². The topological polar surface area (TPSA) is 50.2 Å². The summed E-state index contributed by atoms with van der Waals surface area (Å²) < 4.78 is 0. The number of rotatable bonds is 3. The van der Waals surface area contributed by atoms with E-state index in [0.29, 0.717) is 15.9 Å². The fourth-order valence-electron chi connectivity index (χ4n) is 2.16. The molecule has 0 bridgehead atoms. The number of hydrogen-bond donors (Lipinski definition) is 1. The summed E-state index contributed by atoms with van der Waals surface area (Å²) in [6, 6.07) is 16.9. The number of carboxylic acids is 1. The quantitative estimate of drug-likeness (QED) is 0.778. The van der Waals surface area contributed by atoms with Gasteiger partial charge < -0.3 is 5.11 Å². The van der Waals surface area contributed by atoms with Crippen LogP contribution in [-0.2, 0) is 0 Å². The molecule has 21 heavy (non-hydrogen) atoms. The molecule has 4 heteroatoms. The molecule has 0 fully saturated rings. The number of aromatic carboxylic acids is 1. The van der Waals surface area contributed by atoms with Crippen molar-refractivity contribution in [3.8, 4) is 0 Å². The molecular weight excluding hydrogens is 282 g/mol. The lowest BCUT2D eigenvalue weighted by atomic mass is 10.1. The van der Waals surface area contributed by atoms with Crippen LogP contribution in [0.3, 0.4) is 0 Å². The van der Waals surface area contributed by atoms with E-state index < -0.39 is 5.97 Å². The summed E-state index contributed by atoms with van der Waals surface area (Å²) in [5, 5.41) is 10.8. The summed E-state index contributed by atoms with van der Waals surface area (Å²) in [7, 11) is 0. The number of benzene rings is 2. The summed E-state index contributed by atoms with van der Waals surface area (Å²) in [6.07, 6.45) is 0. The number of fused-ring (bicyclic) bond motifs is 1. The molecule has 0 aliphatic rings. The van der Waals surface area contributed by atoms with Crippen molar-refractivity contribution in [2.45, 2.75) is 16.8 Å². The highest BCUT2D eigenvalue weighted by atomic mass is 32.2. The first-order valence-electron chi connectivity index (χ1n) is 6.52. The van der Waals surface area contributed by atoms with Crippen molar-refractivity contribution >= 4 is 28.6 Å². The summed E-state index contributed by atoms with van der Waals surface area (Å²) in [4.78, 5) is 17.1. The number of carboxylic acid groups (broad SMARTS) is 1. The first kappa shape index (κ1) is 13.6. The van der Waals surface area contributed by atoms with Crippen LogP contribution in [0.25, 0.3) is 10.9 Å². The van der Waals surface area contributed by atoms with E-state index in [0.717, 1.165) is 10.5 Å². The standard InChI is InChI=1S/C17H13NO2S/c1-11-6-2-5-9-15(11)21-16-10-13(17(19)20)12-7-3-4-8-14(12)18-16/h2-10H,1H3,(H,19,20). The zero-order valence-corrected chi connectivity index (χ0v) is 12.2. The minimum Gasteiger partial charge on any atom is -0.478 e. The second kappa shape index (κ2) is 5.58. The largest absolute Gasteiger partial charge is 0.478 e. The SMILES string of the molecule is Cc1ccccc1Sc1cc(C(=O)O)c2ccccc2n1. The van der Waals surface area contributed by atoms with Crippen molar-refractivity contribution in [1.29, 1.82) is 0 Å². The molecule has 0 spiro atoms. The smallest absolute Gasteiger partial charge is 0.336 e. The highest BCUT2D eigenvalue weighted by Crippen LogP contribution is 2.31. The third kappa shape index (κ3) is 2.76. The second-order valence-corrected chi connectivity index (χ2v) is 5.76. The molecule has 0 saturated carbocycles. The van der Waals surface area contributed by atoms with Gasteiger partial charge in [0.15, 0.2) is 0 Å². The van der Waals surface area contributed by atoms with Crippen molar-refractivity contribution in [1.82, 2.24) is 4.98 Å². The van der Waals surface area contributed by atoms with Crippen molar-refractivity contribution in [2.75, 3.05) is 0 Å². The predicted octanol–water partition coefficient (Wildman–Crippen LogP) is 4.39. The summed E-state index contributed by atoms with van der Waals surface area (Å²) in [6.45, 7) is 2.03. The molecule has 1 aromatic heterocycles. The first-order valence-corrected chi connectivity index (χ1v) is 7.33. The molecule has 1 heterocycles. The maximum Gasteiger partial charge on any atom is 0.336 e. The molecule has 0 amide bonds. The van der Waals surface area contributed by atoms with E-state index in [4.69, 9.17) is 0 Å². The van der Waals surface area contributed by atoms with Crippen LogP contribution in [0, 0.1) is 6.92 Å². The van der Waals surface area contributed by atoms with Gasteiger partial charge in [0.25, 0.3) is 0 Å². The van der Waals surface area contributed by atoms with Gasteiger partial charge in [-0.15, -0.1) is 0 Å². The number of hydrogen-bond acceptors (Lipinski definition) is 3. The Kier molecular flexibility index (Phi) is 3.62. The lowest BCUT2D eigenvalue weighted by molar-refractivity contribution is 0.0698. The molecule has 0 atom stereocenters. The Morgan fingerprint density at radius 1 is 1.10 bits per heavy atom. The van der Waals surface area contributed by atoms with Gasteiger partial charge in [-0.3, -0.25) is 0 Å². The first-order chi connectivity index (χ1) is 10.1. The maximum atomic E-state index is 11.4. The van der Waals surface area contributed by atoms with E-state index in [1.807, 2.05) is 49.4 Å². The van der Waals surface area contributed by atoms with Crippen LogP contribution in [0.5, 0.6) is 0 Å². The average Bonchev–Trinajstić information content (AvgIpc) is 2.48. The van der Waals surface area contributed by atoms with E-state index >= 15 is 0 Å². The normalized spacial score (nSPS) is 10.7. The fraction of sp³-hybridized carbons (Fsp3) is 0.0588. The molecule has 3 rings (SSSR count). The van der Waals surface area contributed by atoms with Crippen LogP contribution in [0.15, 0.2) is 64.5 Å². The van der Waals surface area contributed by atoms with Crippen molar-refractivity contribution in [2.24, 2.45) is 0 Å². The van der Waals surface area contributed by atoms with E-state index in [9.17, 15) is 9.90 Å². The summed E-state index contributed by atoms with van der Waals surface area (Å²) >= 11 is 1.49. The Hall–Kier alpha value is -2.33. The molecule has 0 aliphatic heterocycles. The van der Waals surface area contributed by atoms with Crippen LogP contribution in [0.1, 0.15) is 15.9 Å². The molecule has 0 aliphatic carbocycles. The predicted molar refractivity (Wildman–Crippen MR) is 84.0 cm³/mol. The van der Waals surface area contributed by atoms with Crippen molar-refractivity contribution in [3.05, 3.63) is 65.7 Å². The Bertz CT molecular complexity index is 830. The molecule has 2 aromatic carbocycles. The maximum absolute atomic E-state index is 11.4. The highest BCUT2D eigenvalue weighted by Gasteiger charge is 2.12. The van der Waals surface area contributed by atoms with Gasteiger partial charge in [0.1, 0.15) is 5.03 Å². The molecule has 0 radical (unpaired) electrons. The Balaban J connectivity index is 2.11.